The van der Waals surface area contributed by atoms with Crippen molar-refractivity contribution in [2.24, 2.45) is 0 Å². The van der Waals surface area contributed by atoms with E-state index in [0.717, 1.165) is 32.1 Å². The van der Waals surface area contributed by atoms with Gasteiger partial charge in [-0.2, -0.15) is 0 Å². The van der Waals surface area contributed by atoms with Crippen LogP contribution in [0, 0.1) is 71.0 Å². The molecule has 8 nitrogen and oxygen atoms in total. The highest BCUT2D eigenvalue weighted by atomic mass is 31.2. The molecule has 0 rings (SSSR count). The van der Waals surface area contributed by atoms with Gasteiger partial charge in [0.1, 0.15) is 6.61 Å². The van der Waals surface area contributed by atoms with E-state index in [1.165, 1.54) is 6.42 Å². The van der Waals surface area contributed by atoms with Crippen LogP contribution in [0.3, 0.4) is 0 Å². The second-order valence-electron chi connectivity index (χ2n) is 6.99. The lowest BCUT2D eigenvalue weighted by Crippen LogP contribution is -2.29. The van der Waals surface area contributed by atoms with Crippen molar-refractivity contribution < 1.29 is 37.9 Å². The second-order valence-corrected chi connectivity index (χ2v) is 8.23. The number of phosphoric acid groups is 1. The number of rotatable bonds is 14. The monoisotopic (exact) mass is 512 g/mol. The molecule has 190 valence electrons. The van der Waals surface area contributed by atoms with E-state index < -0.39 is 39.1 Å². The van der Waals surface area contributed by atoms with Crippen LogP contribution in [0.5, 0.6) is 0 Å². The molecule has 0 amide bonds. The third-order valence-electron chi connectivity index (χ3n) is 3.96. The minimum absolute atomic E-state index is 0.133. The van der Waals surface area contributed by atoms with E-state index in [-0.39, 0.29) is 6.42 Å². The van der Waals surface area contributed by atoms with Crippen LogP contribution < -0.4 is 0 Å². The summed E-state index contributed by atoms with van der Waals surface area (Å²) in [6, 6.07) is 0. The van der Waals surface area contributed by atoms with Gasteiger partial charge in [-0.3, -0.25) is 9.32 Å². The van der Waals surface area contributed by atoms with E-state index in [0.29, 0.717) is 6.42 Å². The fraction of sp³-hybridized carbons (Fsp3) is 0.481. The minimum Gasteiger partial charge on any atom is -0.456 e. The quantitative estimate of drug-likeness (QED) is 0.120. The molecule has 0 saturated heterocycles. The van der Waals surface area contributed by atoms with Crippen molar-refractivity contribution in [3.05, 3.63) is 0 Å². The number of hydrogen-bond acceptors (Lipinski definition) is 6. The molecule has 0 fully saturated rings. The van der Waals surface area contributed by atoms with Crippen LogP contribution in [0.25, 0.3) is 0 Å². The Balaban J connectivity index is 4.62. The lowest BCUT2D eigenvalue weighted by Gasteiger charge is -2.17. The Morgan fingerprint density at radius 1 is 0.778 bits per heavy atom. The zero-order valence-corrected chi connectivity index (χ0v) is 21.3. The average Bonchev–Trinajstić information content (AvgIpc) is 2.83. The second kappa shape index (κ2) is 21.9. The molecule has 0 unspecified atom stereocenters. The van der Waals surface area contributed by atoms with Crippen molar-refractivity contribution in [3.63, 3.8) is 0 Å². The molecule has 9 heteroatoms. The van der Waals surface area contributed by atoms with E-state index >= 15 is 0 Å². The van der Waals surface area contributed by atoms with Gasteiger partial charge in [0.25, 0.3) is 0 Å². The molecule has 0 radical (unpaired) electrons. The minimum atomic E-state index is -4.80. The number of phosphoric ester groups is 1. The summed E-state index contributed by atoms with van der Waals surface area (Å²) >= 11 is 0. The van der Waals surface area contributed by atoms with E-state index in [2.05, 4.69) is 82.5 Å². The smallest absolute Gasteiger partial charge is 0.456 e. The zero-order chi connectivity index (χ0) is 26.9. The largest absolute Gasteiger partial charge is 0.469 e. The van der Waals surface area contributed by atoms with Gasteiger partial charge in [0.15, 0.2) is 6.10 Å². The van der Waals surface area contributed by atoms with Gasteiger partial charge in [0, 0.05) is 12.3 Å². The fourth-order valence-corrected chi connectivity index (χ4v) is 2.73. The first kappa shape index (κ1) is 32.4. The van der Waals surface area contributed by atoms with Crippen molar-refractivity contribution in [3.8, 4) is 71.0 Å². The first-order chi connectivity index (χ1) is 17.3. The molecule has 0 saturated carbocycles. The fourth-order valence-electron chi connectivity index (χ4n) is 2.37. The molecular formula is C27H29O8P. The van der Waals surface area contributed by atoms with Crippen LogP contribution in [-0.2, 0) is 28.2 Å². The maximum absolute atomic E-state index is 12.0. The van der Waals surface area contributed by atoms with Crippen LogP contribution in [0.2, 0.25) is 0 Å². The van der Waals surface area contributed by atoms with Crippen LogP contribution in [-0.4, -0.2) is 41.0 Å². The van der Waals surface area contributed by atoms with Crippen molar-refractivity contribution in [1.29, 1.82) is 0 Å². The number of hydrogen-bond donors (Lipinski definition) is 2. The maximum atomic E-state index is 12.0. The van der Waals surface area contributed by atoms with Crippen LogP contribution in [0.15, 0.2) is 0 Å². The molecule has 0 aromatic heterocycles. The Morgan fingerprint density at radius 2 is 1.31 bits per heavy atom. The highest BCUT2D eigenvalue weighted by Gasteiger charge is 2.22. The SMILES string of the molecule is CC#CC#CC#CC#CC#CC#CC(=O)OC[C@@H](COP(=O)(O)O)OC(=O)CCCCCCCCC. The Kier molecular flexibility index (Phi) is 19.7. The third-order valence-corrected chi connectivity index (χ3v) is 4.45. The summed E-state index contributed by atoms with van der Waals surface area (Å²) in [6.07, 6.45) is 6.04. The van der Waals surface area contributed by atoms with Gasteiger partial charge >= 0.3 is 19.8 Å². The third kappa shape index (κ3) is 23.6. The van der Waals surface area contributed by atoms with Gasteiger partial charge in [0.05, 0.1) is 6.61 Å². The standard InChI is InChI=1S/C27H29O8P/c1-3-5-7-9-11-12-13-14-16-17-19-21-26(28)33-23-25(24-34-36(30,31)32)35-27(29)22-20-18-15-10-8-6-4-2/h25H,4,6,8,10,15,18,20,22-24H2,1-2H3,(H2,30,31,32)/t25-/m0/s1. The van der Waals surface area contributed by atoms with E-state index in [1.54, 1.807) is 6.92 Å². The molecule has 2 N–H and O–H groups in total. The normalized spacial score (nSPS) is 9.78. The first-order valence-electron chi connectivity index (χ1n) is 11.3. The molecule has 1 atom stereocenters. The molecule has 36 heavy (non-hydrogen) atoms. The summed E-state index contributed by atoms with van der Waals surface area (Å²) in [4.78, 5) is 41.5. The lowest BCUT2D eigenvalue weighted by atomic mass is 10.1. The summed E-state index contributed by atoms with van der Waals surface area (Å²) in [5, 5.41) is 0. The van der Waals surface area contributed by atoms with Crippen molar-refractivity contribution in [1.82, 2.24) is 0 Å². The predicted octanol–water partition coefficient (Wildman–Crippen LogP) is 2.73. The Morgan fingerprint density at radius 3 is 1.86 bits per heavy atom. The summed E-state index contributed by atoms with van der Waals surface area (Å²) in [5.41, 5.74) is 0. The highest BCUT2D eigenvalue weighted by molar-refractivity contribution is 7.46. The number of ether oxygens (including phenoxy) is 2. The molecule has 0 bridgehead atoms. The predicted molar refractivity (Wildman–Crippen MR) is 134 cm³/mol. The summed E-state index contributed by atoms with van der Waals surface area (Å²) in [7, 11) is -4.80. The molecule has 0 spiro atoms. The van der Waals surface area contributed by atoms with Crippen LogP contribution >= 0.6 is 7.82 Å². The van der Waals surface area contributed by atoms with E-state index in [4.69, 9.17) is 19.3 Å². The summed E-state index contributed by atoms with van der Waals surface area (Å²) in [6.45, 7) is 2.64. The molecular weight excluding hydrogens is 483 g/mol. The molecule has 0 aliphatic carbocycles. The highest BCUT2D eigenvalue weighted by Crippen LogP contribution is 2.35. The van der Waals surface area contributed by atoms with Crippen molar-refractivity contribution in [2.75, 3.05) is 13.2 Å². The Labute approximate surface area is 213 Å². The van der Waals surface area contributed by atoms with Gasteiger partial charge in [-0.15, -0.1) is 0 Å². The zero-order valence-electron chi connectivity index (χ0n) is 20.4. The number of unbranched alkanes of at least 4 members (excludes halogenated alkanes) is 6. The molecule has 0 heterocycles. The molecule has 0 aromatic rings. The van der Waals surface area contributed by atoms with E-state index in [1.807, 2.05) is 0 Å². The lowest BCUT2D eigenvalue weighted by molar-refractivity contribution is -0.158. The Hall–Kier alpha value is -3.59. The maximum Gasteiger partial charge on any atom is 0.469 e. The van der Waals surface area contributed by atoms with Gasteiger partial charge in [-0.25, -0.2) is 9.36 Å². The number of carbonyl (C=O) groups is 2. The topological polar surface area (TPSA) is 119 Å². The van der Waals surface area contributed by atoms with Gasteiger partial charge in [0.2, 0.25) is 0 Å². The van der Waals surface area contributed by atoms with Gasteiger partial charge in [-0.1, -0.05) is 51.4 Å². The number of carbonyl (C=O) groups excluding carboxylic acids is 2. The molecule has 0 aliphatic heterocycles. The molecule has 0 aromatic carbocycles. The summed E-state index contributed by atoms with van der Waals surface area (Å²) in [5.74, 6) is 27.2. The van der Waals surface area contributed by atoms with Crippen molar-refractivity contribution >= 4 is 19.8 Å². The van der Waals surface area contributed by atoms with Gasteiger partial charge < -0.3 is 19.3 Å². The van der Waals surface area contributed by atoms with Gasteiger partial charge in [-0.05, 0) is 72.5 Å². The van der Waals surface area contributed by atoms with Crippen LogP contribution in [0.4, 0.5) is 0 Å². The Bertz CT molecular complexity index is 1130. The molecule has 0 aliphatic rings. The van der Waals surface area contributed by atoms with Crippen molar-refractivity contribution in [2.45, 2.75) is 71.3 Å². The van der Waals surface area contributed by atoms with Crippen LogP contribution in [0.1, 0.15) is 65.2 Å². The van der Waals surface area contributed by atoms with E-state index in [9.17, 15) is 14.2 Å². The first-order valence-corrected chi connectivity index (χ1v) is 12.8. The number of esters is 2. The average molecular weight is 512 g/mol. The summed E-state index contributed by atoms with van der Waals surface area (Å²) < 4.78 is 25.3.